The number of anilines is 1. The van der Waals surface area contributed by atoms with Crippen molar-refractivity contribution >= 4 is 27.6 Å². The molecule has 0 aliphatic carbocycles. The summed E-state index contributed by atoms with van der Waals surface area (Å²) in [5, 5.41) is 40.8. The predicted octanol–water partition coefficient (Wildman–Crippen LogP) is 1.87. The maximum Gasteiger partial charge on any atom is 0.335 e. The molecule has 0 spiro atoms. The average Bonchev–Trinajstić information content (AvgIpc) is 3.08. The van der Waals surface area contributed by atoms with Crippen LogP contribution >= 0.6 is 0 Å². The van der Waals surface area contributed by atoms with Crippen LogP contribution in [0.2, 0.25) is 0 Å². The number of rotatable bonds is 12. The number of carboxylic acids is 1. The average molecular weight is 713 g/mol. The van der Waals surface area contributed by atoms with Crippen LogP contribution in [0, 0.1) is 23.6 Å². The number of methoxy groups -OCH3 is 1. The molecule has 3 aromatic carbocycles. The number of carbonyl (C=O) groups is 2. The van der Waals surface area contributed by atoms with Crippen molar-refractivity contribution in [2.24, 2.45) is 5.92 Å². The van der Waals surface area contributed by atoms with E-state index in [-0.39, 0.29) is 24.6 Å². The van der Waals surface area contributed by atoms with Gasteiger partial charge in [0.15, 0.2) is 6.10 Å². The number of carboxylic acid groups (broad SMARTS) is 1. The zero-order chi connectivity index (χ0) is 36.2. The van der Waals surface area contributed by atoms with Crippen molar-refractivity contribution in [2.45, 2.75) is 55.7 Å². The smallest absolute Gasteiger partial charge is 0.335 e. The molecular formula is C35H37FN2O11S. The molecule has 0 radical (unpaired) electrons. The number of β-lactam (4-membered cyclic amide) rings is 1. The number of aliphatic hydroxyl groups excluding tert-OH is 3. The van der Waals surface area contributed by atoms with Gasteiger partial charge in [-0.25, -0.2) is 22.3 Å². The summed E-state index contributed by atoms with van der Waals surface area (Å²) in [6.45, 7) is -0.0555. The second kappa shape index (κ2) is 15.7. The number of halogens is 1. The Bertz CT molecular complexity index is 1830. The summed E-state index contributed by atoms with van der Waals surface area (Å²) < 4.78 is 54.7. The Hall–Kier alpha value is -4.40. The van der Waals surface area contributed by atoms with Gasteiger partial charge in [0.1, 0.15) is 29.9 Å². The summed E-state index contributed by atoms with van der Waals surface area (Å²) in [5.41, 5.74) is 2.44. The van der Waals surface area contributed by atoms with Gasteiger partial charge in [0.2, 0.25) is 22.2 Å². The van der Waals surface area contributed by atoms with E-state index in [9.17, 15) is 42.8 Å². The van der Waals surface area contributed by atoms with E-state index >= 15 is 0 Å². The largest absolute Gasteiger partial charge is 0.479 e. The lowest BCUT2D eigenvalue weighted by molar-refractivity contribution is -0.276. The predicted molar refractivity (Wildman–Crippen MR) is 177 cm³/mol. The number of benzene rings is 3. The molecule has 0 aromatic heterocycles. The van der Waals surface area contributed by atoms with Crippen LogP contribution < -0.4 is 14.4 Å². The summed E-state index contributed by atoms with van der Waals surface area (Å²) in [5.74, 6) is 3.23. The van der Waals surface area contributed by atoms with Crippen molar-refractivity contribution in [3.8, 4) is 17.6 Å². The van der Waals surface area contributed by atoms with Gasteiger partial charge >= 0.3 is 5.97 Å². The summed E-state index contributed by atoms with van der Waals surface area (Å²) >= 11 is 0. The number of amides is 1. The molecule has 2 fully saturated rings. The van der Waals surface area contributed by atoms with Crippen molar-refractivity contribution in [2.75, 3.05) is 24.8 Å². The molecule has 15 heteroatoms. The fraction of sp³-hybridized carbons (Fsp3) is 0.371. The van der Waals surface area contributed by atoms with Crippen LogP contribution in [0.5, 0.6) is 5.75 Å². The Morgan fingerprint density at radius 1 is 1.04 bits per heavy atom. The van der Waals surface area contributed by atoms with Crippen LogP contribution in [0.4, 0.5) is 10.1 Å². The first-order chi connectivity index (χ1) is 23.8. The fourth-order valence-corrected chi connectivity index (χ4v) is 6.31. The van der Waals surface area contributed by atoms with Gasteiger partial charge in [0.05, 0.1) is 30.9 Å². The van der Waals surface area contributed by atoms with Crippen molar-refractivity contribution in [1.29, 1.82) is 0 Å². The van der Waals surface area contributed by atoms with Crippen LogP contribution in [0.3, 0.4) is 0 Å². The number of aliphatic hydroxyl groups is 3. The van der Waals surface area contributed by atoms with E-state index in [2.05, 4.69) is 16.6 Å². The number of carbonyl (C=O) groups excluding carboxylic acids is 1. The lowest BCUT2D eigenvalue weighted by Gasteiger charge is -2.48. The number of ether oxygens (including phenoxy) is 3. The zero-order valence-corrected chi connectivity index (χ0v) is 27.9. The SMILES string of the molecule is CO[C@H]1[C@H](Oc2ccc([C@@H]3[C@@H](CC[C@H](O)c4ccc(F)cc4)C(=O)N3c3ccc(C#CCNS(C)(=O)=O)cc3)cc2)O[C@H](C(=O)O)[C@@H](O)[C@@H]1O. The topological polar surface area (TPSA) is 192 Å². The van der Waals surface area contributed by atoms with Crippen molar-refractivity contribution in [3.63, 3.8) is 0 Å². The second-order valence-electron chi connectivity index (χ2n) is 12.0. The van der Waals surface area contributed by atoms with E-state index in [1.165, 1.54) is 31.4 Å². The van der Waals surface area contributed by atoms with Crippen molar-refractivity contribution < 1.29 is 57.0 Å². The Balaban J connectivity index is 1.36. The van der Waals surface area contributed by atoms with Crippen LogP contribution in [0.1, 0.15) is 41.7 Å². The molecule has 266 valence electrons. The highest BCUT2D eigenvalue weighted by molar-refractivity contribution is 7.88. The summed E-state index contributed by atoms with van der Waals surface area (Å²) in [7, 11) is -2.12. The van der Waals surface area contributed by atoms with Gasteiger partial charge in [-0.3, -0.25) is 4.79 Å². The highest BCUT2D eigenvalue weighted by Gasteiger charge is 2.50. The Kier molecular flexibility index (Phi) is 11.5. The van der Waals surface area contributed by atoms with E-state index in [1.54, 1.807) is 53.4 Å². The number of nitrogens with one attached hydrogen (secondary N) is 1. The van der Waals surface area contributed by atoms with Crippen LogP contribution in [-0.4, -0.2) is 91.3 Å². The first-order valence-electron chi connectivity index (χ1n) is 15.6. The third-order valence-electron chi connectivity index (χ3n) is 8.56. The molecule has 0 bridgehead atoms. The number of hydrogen-bond donors (Lipinski definition) is 5. The maximum absolute atomic E-state index is 13.6. The molecule has 5 N–H and O–H groups in total. The molecule has 3 aromatic rings. The van der Waals surface area contributed by atoms with E-state index < -0.39 is 70.6 Å². The number of aliphatic carboxylic acids is 1. The van der Waals surface area contributed by atoms with E-state index in [4.69, 9.17) is 14.2 Å². The molecule has 0 saturated carbocycles. The lowest BCUT2D eigenvalue weighted by atomic mass is 9.78. The Labute approximate surface area is 288 Å². The first kappa shape index (κ1) is 36.9. The molecule has 1 amide bonds. The van der Waals surface area contributed by atoms with Crippen LogP contribution in [0.15, 0.2) is 72.8 Å². The summed E-state index contributed by atoms with van der Waals surface area (Å²) in [6, 6.07) is 18.6. The molecule has 8 atom stereocenters. The highest BCUT2D eigenvalue weighted by Crippen LogP contribution is 2.46. The standard InChI is InChI=1S/C35H37FN2O11S/c1-47-32-30(41)29(40)31(34(43)44)49-35(32)48-25-15-9-22(10-16-25)28-26(17-18-27(39)21-7-11-23(36)12-8-21)33(42)38(28)24-13-5-20(6-14-24)4-3-19-37-50(2,45)46/h5-16,26-32,35,37,39-41H,17-19H2,1-2H3,(H,43,44)/t26-,27+,28-,29+,30+,31+,32-,35-/m1/s1. The minimum Gasteiger partial charge on any atom is -0.479 e. The van der Waals surface area contributed by atoms with Crippen LogP contribution in [0.25, 0.3) is 0 Å². The molecule has 2 aliphatic heterocycles. The zero-order valence-electron chi connectivity index (χ0n) is 27.0. The maximum atomic E-state index is 13.6. The lowest BCUT2D eigenvalue weighted by Crippen LogP contribution is -2.61. The summed E-state index contributed by atoms with van der Waals surface area (Å²) in [6.07, 6.45) is -6.97. The molecule has 50 heavy (non-hydrogen) atoms. The first-order valence-corrected chi connectivity index (χ1v) is 17.5. The second-order valence-corrected chi connectivity index (χ2v) is 13.8. The van der Waals surface area contributed by atoms with Gasteiger partial charge in [0, 0.05) is 18.4 Å². The van der Waals surface area contributed by atoms with Gasteiger partial charge in [0.25, 0.3) is 0 Å². The van der Waals surface area contributed by atoms with Crippen LogP contribution in [-0.2, 0) is 29.1 Å². The number of nitrogens with zero attached hydrogens (tertiary/aromatic N) is 1. The van der Waals surface area contributed by atoms with Gasteiger partial charge in [-0.1, -0.05) is 36.1 Å². The minimum absolute atomic E-state index is 0.0555. The van der Waals surface area contributed by atoms with Gasteiger partial charge in [-0.05, 0) is 72.5 Å². The minimum atomic E-state index is -3.38. The van der Waals surface area contributed by atoms with Gasteiger partial charge < -0.3 is 39.5 Å². The third kappa shape index (κ3) is 8.48. The third-order valence-corrected chi connectivity index (χ3v) is 9.22. The highest BCUT2D eigenvalue weighted by atomic mass is 32.2. The van der Waals surface area contributed by atoms with E-state index in [0.717, 1.165) is 11.8 Å². The van der Waals surface area contributed by atoms with Gasteiger partial charge in [-0.2, -0.15) is 0 Å². The van der Waals surface area contributed by atoms with E-state index in [0.29, 0.717) is 23.2 Å². The molecule has 2 heterocycles. The monoisotopic (exact) mass is 712 g/mol. The molecule has 5 rings (SSSR count). The normalized spacial score (nSPS) is 25.6. The molecule has 2 aliphatic rings. The van der Waals surface area contributed by atoms with Crippen molar-refractivity contribution in [1.82, 2.24) is 4.72 Å². The molecule has 2 saturated heterocycles. The number of sulfonamides is 1. The quantitative estimate of drug-likeness (QED) is 0.136. The number of hydrogen-bond acceptors (Lipinski definition) is 10. The fourth-order valence-electron chi connectivity index (χ4n) is 5.97. The van der Waals surface area contributed by atoms with Gasteiger partial charge in [-0.15, -0.1) is 0 Å². The summed E-state index contributed by atoms with van der Waals surface area (Å²) in [4.78, 5) is 26.8. The van der Waals surface area contributed by atoms with E-state index in [1.807, 2.05) is 0 Å². The molecular weight excluding hydrogens is 675 g/mol. The molecule has 0 unspecified atom stereocenters. The van der Waals surface area contributed by atoms with Crippen molar-refractivity contribution in [3.05, 3.63) is 95.3 Å². The molecule has 13 nitrogen and oxygen atoms in total. The Morgan fingerprint density at radius 3 is 2.30 bits per heavy atom. The Morgan fingerprint density at radius 2 is 1.70 bits per heavy atom.